The number of allylic oxidation sites excluding steroid dienone is 2. The fourth-order valence-corrected chi connectivity index (χ4v) is 3.56. The molecule has 0 radical (unpaired) electrons. The quantitative estimate of drug-likeness (QED) is 0.468. The van der Waals surface area contributed by atoms with Crippen LogP contribution in [0.25, 0.3) is 5.65 Å². The third kappa shape index (κ3) is 3.66. The maximum atomic E-state index is 7.74. The minimum atomic E-state index is 0.265. The van der Waals surface area contributed by atoms with E-state index in [1.807, 2.05) is 12.3 Å². The molecule has 0 saturated carbocycles. The molecule has 7 heteroatoms. The maximum Gasteiger partial charge on any atom is 0.137 e. The van der Waals surface area contributed by atoms with E-state index in [-0.39, 0.29) is 5.71 Å². The molecule has 1 unspecified atom stereocenters. The predicted molar refractivity (Wildman–Crippen MR) is 110 cm³/mol. The Kier molecular flexibility index (Phi) is 4.92. The van der Waals surface area contributed by atoms with Crippen molar-refractivity contribution in [2.24, 2.45) is 5.92 Å². The van der Waals surface area contributed by atoms with E-state index in [4.69, 9.17) is 5.41 Å². The highest BCUT2D eigenvalue weighted by Gasteiger charge is 2.22. The van der Waals surface area contributed by atoms with Crippen molar-refractivity contribution in [1.29, 1.82) is 5.41 Å². The van der Waals surface area contributed by atoms with Gasteiger partial charge in [-0.05, 0) is 43.9 Å². The monoisotopic (exact) mass is 375 g/mol. The molecule has 1 aliphatic rings. The number of fused-ring (bicyclic) bond motifs is 1. The van der Waals surface area contributed by atoms with Crippen LogP contribution >= 0.6 is 0 Å². The van der Waals surface area contributed by atoms with E-state index < -0.39 is 0 Å². The second-order valence-corrected chi connectivity index (χ2v) is 7.45. The minimum Gasteiger partial charge on any atom is -0.312 e. The lowest BCUT2D eigenvalue weighted by molar-refractivity contribution is 0.479. The van der Waals surface area contributed by atoms with Crippen molar-refractivity contribution in [3.8, 4) is 0 Å². The van der Waals surface area contributed by atoms with Gasteiger partial charge in [0, 0.05) is 25.5 Å². The summed E-state index contributed by atoms with van der Waals surface area (Å²) in [7, 11) is 0. The van der Waals surface area contributed by atoms with Gasteiger partial charge in [-0.1, -0.05) is 29.0 Å². The van der Waals surface area contributed by atoms with E-state index in [1.54, 1.807) is 22.0 Å². The van der Waals surface area contributed by atoms with Crippen LogP contribution in [-0.2, 0) is 13.1 Å². The molecule has 3 aromatic rings. The van der Waals surface area contributed by atoms with Gasteiger partial charge in [0.15, 0.2) is 0 Å². The van der Waals surface area contributed by atoms with Crippen LogP contribution < -0.4 is 5.32 Å². The summed E-state index contributed by atoms with van der Waals surface area (Å²) >= 11 is 0. The van der Waals surface area contributed by atoms with Crippen LogP contribution in [0.1, 0.15) is 37.2 Å². The van der Waals surface area contributed by atoms with Gasteiger partial charge in [0.25, 0.3) is 0 Å². The molecule has 0 bridgehead atoms. The molecule has 7 nitrogen and oxygen atoms in total. The van der Waals surface area contributed by atoms with Crippen LogP contribution in [0.3, 0.4) is 0 Å². The number of pyridine rings is 1. The summed E-state index contributed by atoms with van der Waals surface area (Å²) in [6.45, 7) is 10.4. The van der Waals surface area contributed by atoms with Gasteiger partial charge in [0.05, 0.1) is 24.1 Å². The first-order chi connectivity index (χ1) is 13.5. The third-order valence-electron chi connectivity index (χ3n) is 5.46. The molecule has 144 valence electrons. The van der Waals surface area contributed by atoms with Gasteiger partial charge < -0.3 is 9.72 Å². The molecule has 0 amide bonds. The summed E-state index contributed by atoms with van der Waals surface area (Å²) in [5.74, 6) is 0.693. The number of hydrogen-bond acceptors (Lipinski definition) is 5. The van der Waals surface area contributed by atoms with Gasteiger partial charge in [0.2, 0.25) is 0 Å². The maximum absolute atomic E-state index is 7.74. The summed E-state index contributed by atoms with van der Waals surface area (Å²) < 4.78 is 3.74. The molecule has 4 rings (SSSR count). The molecule has 1 atom stereocenters. The summed E-state index contributed by atoms with van der Waals surface area (Å²) in [6, 6.07) is 4.16. The number of nitrogens with zero attached hydrogens (tertiary/aromatic N) is 5. The Morgan fingerprint density at radius 2 is 2.18 bits per heavy atom. The zero-order valence-electron chi connectivity index (χ0n) is 16.3. The predicted octanol–water partition coefficient (Wildman–Crippen LogP) is 2.97. The van der Waals surface area contributed by atoms with Gasteiger partial charge in [0.1, 0.15) is 11.3 Å². The van der Waals surface area contributed by atoms with Gasteiger partial charge in [-0.3, -0.25) is 5.41 Å². The zero-order valence-corrected chi connectivity index (χ0v) is 16.3. The van der Waals surface area contributed by atoms with Crippen molar-refractivity contribution in [2.75, 3.05) is 6.54 Å². The van der Waals surface area contributed by atoms with E-state index in [2.05, 4.69) is 57.7 Å². The summed E-state index contributed by atoms with van der Waals surface area (Å²) in [5, 5.41) is 19.4. The lowest BCUT2D eigenvalue weighted by atomic mass is 9.79. The number of hydrogen-bond donors (Lipinski definition) is 2. The van der Waals surface area contributed by atoms with Crippen molar-refractivity contribution in [2.45, 2.75) is 33.4 Å². The van der Waals surface area contributed by atoms with Crippen molar-refractivity contribution in [3.63, 3.8) is 0 Å². The Balaban J connectivity index is 1.39. The van der Waals surface area contributed by atoms with Gasteiger partial charge in [-0.2, -0.15) is 0 Å². The number of aromatic nitrogens is 5. The van der Waals surface area contributed by atoms with E-state index in [0.29, 0.717) is 18.2 Å². The zero-order chi connectivity index (χ0) is 19.7. The van der Waals surface area contributed by atoms with Crippen LogP contribution in [0.2, 0.25) is 0 Å². The fourth-order valence-electron chi connectivity index (χ4n) is 3.56. The number of rotatable bonds is 8. The van der Waals surface area contributed by atoms with Crippen molar-refractivity contribution < 1.29 is 0 Å². The van der Waals surface area contributed by atoms with E-state index in [0.717, 1.165) is 24.4 Å². The normalized spacial score (nSPS) is 16.4. The Morgan fingerprint density at radius 3 is 2.93 bits per heavy atom. The van der Waals surface area contributed by atoms with Crippen LogP contribution in [0.15, 0.2) is 54.5 Å². The topological polar surface area (TPSA) is 83.9 Å². The molecule has 3 aromatic heterocycles. The Bertz CT molecular complexity index is 1070. The first-order valence-corrected chi connectivity index (χ1v) is 9.48. The Labute approximate surface area is 164 Å². The smallest absolute Gasteiger partial charge is 0.137 e. The number of imidazole rings is 1. The highest BCUT2D eigenvalue weighted by Crippen LogP contribution is 2.33. The SMILES string of the molecule is C=CC(=N)c1cn(Cc2cn3cc(CNCC4CC(C)=C4C)ccc3n2)nn1. The second-order valence-electron chi connectivity index (χ2n) is 7.45. The van der Waals surface area contributed by atoms with Crippen LogP contribution in [0.5, 0.6) is 0 Å². The summed E-state index contributed by atoms with van der Waals surface area (Å²) in [5.41, 5.74) is 6.90. The molecule has 0 spiro atoms. The van der Waals surface area contributed by atoms with Crippen molar-refractivity contribution in [3.05, 3.63) is 71.5 Å². The van der Waals surface area contributed by atoms with Crippen LogP contribution in [0, 0.1) is 11.3 Å². The lowest BCUT2D eigenvalue weighted by Crippen LogP contribution is -2.28. The molecule has 2 N–H and O–H groups in total. The molecular formula is C21H25N7. The average molecular weight is 375 g/mol. The van der Waals surface area contributed by atoms with E-state index >= 15 is 0 Å². The number of nitrogens with one attached hydrogen (secondary N) is 2. The molecule has 0 aromatic carbocycles. The summed E-state index contributed by atoms with van der Waals surface area (Å²) in [4.78, 5) is 4.65. The molecule has 3 heterocycles. The van der Waals surface area contributed by atoms with Crippen molar-refractivity contribution >= 4 is 11.4 Å². The van der Waals surface area contributed by atoms with Gasteiger partial charge in [-0.25, -0.2) is 9.67 Å². The highest BCUT2D eigenvalue weighted by atomic mass is 15.4. The Hall–Kier alpha value is -3.06. The van der Waals surface area contributed by atoms with Gasteiger partial charge >= 0.3 is 0 Å². The second kappa shape index (κ2) is 7.52. The molecule has 0 aliphatic heterocycles. The van der Waals surface area contributed by atoms with Crippen LogP contribution in [0.4, 0.5) is 0 Å². The van der Waals surface area contributed by atoms with Crippen LogP contribution in [-0.4, -0.2) is 36.6 Å². The van der Waals surface area contributed by atoms with E-state index in [9.17, 15) is 0 Å². The largest absolute Gasteiger partial charge is 0.312 e. The Morgan fingerprint density at radius 1 is 1.32 bits per heavy atom. The molecular weight excluding hydrogens is 350 g/mol. The van der Waals surface area contributed by atoms with E-state index in [1.165, 1.54) is 18.1 Å². The molecule has 0 saturated heterocycles. The first-order valence-electron chi connectivity index (χ1n) is 9.48. The standard InChI is InChI=1S/C21H25N7/c1-4-19(22)20-13-28(26-25-20)12-18-11-27-10-16(5-6-21(27)24-18)8-23-9-17-7-14(2)15(17)3/h4-6,10-11,13,17,22-23H,1,7-9,12H2,2-3H3. The minimum absolute atomic E-state index is 0.265. The lowest BCUT2D eigenvalue weighted by Gasteiger charge is -2.30. The average Bonchev–Trinajstić information content (AvgIpc) is 3.32. The first kappa shape index (κ1) is 18.3. The van der Waals surface area contributed by atoms with Gasteiger partial charge in [-0.15, -0.1) is 5.10 Å². The summed E-state index contributed by atoms with van der Waals surface area (Å²) in [6.07, 6.45) is 8.55. The molecule has 1 aliphatic carbocycles. The highest BCUT2D eigenvalue weighted by molar-refractivity contribution is 6.04. The fraction of sp³-hybridized carbons (Fsp3) is 0.333. The van der Waals surface area contributed by atoms with Crippen molar-refractivity contribution in [1.82, 2.24) is 29.7 Å². The molecule has 28 heavy (non-hydrogen) atoms. The molecule has 0 fully saturated rings. The third-order valence-corrected chi connectivity index (χ3v) is 5.46.